The molecule has 1 saturated carbocycles. The van der Waals surface area contributed by atoms with Gasteiger partial charge in [-0.05, 0) is 50.7 Å². The number of nitrogens with zero attached hydrogens (tertiary/aromatic N) is 1. The first-order valence-electron chi connectivity index (χ1n) is 10.8. The minimum absolute atomic E-state index is 0.0209. The van der Waals surface area contributed by atoms with E-state index < -0.39 is 38.3 Å². The monoisotopic (exact) mass is 500 g/mol. The Morgan fingerprint density at radius 2 is 1.67 bits per heavy atom. The zero-order valence-electron chi connectivity index (χ0n) is 17.9. The Bertz CT molecular complexity index is 1090. The maximum absolute atomic E-state index is 14.0. The molecule has 1 aromatic heterocycles. The Labute approximate surface area is 195 Å². The molecule has 0 spiro atoms. The molecule has 2 aromatic rings. The van der Waals surface area contributed by atoms with Crippen molar-refractivity contribution in [3.05, 3.63) is 40.3 Å². The molecule has 1 saturated heterocycles. The van der Waals surface area contributed by atoms with Gasteiger partial charge < -0.3 is 15.8 Å². The summed E-state index contributed by atoms with van der Waals surface area (Å²) in [7, 11) is -3.38. The lowest BCUT2D eigenvalue weighted by molar-refractivity contribution is 0.0980. The maximum Gasteiger partial charge on any atom is 0.214 e. The summed E-state index contributed by atoms with van der Waals surface area (Å²) in [6, 6.07) is 3.11. The number of nitrogen functional groups attached to an aromatic ring is 1. The molecule has 1 aliphatic carbocycles. The third-order valence-corrected chi connectivity index (χ3v) is 9.05. The Hall–Kier alpha value is -2.15. The van der Waals surface area contributed by atoms with Gasteiger partial charge in [0.05, 0.1) is 10.8 Å². The summed E-state index contributed by atoms with van der Waals surface area (Å²) in [5, 5.41) is 3.20. The normalized spacial score (nSPS) is 22.2. The van der Waals surface area contributed by atoms with Crippen LogP contribution in [0.3, 0.4) is 0 Å². The minimum Gasteiger partial charge on any atom is -0.382 e. The highest BCUT2D eigenvalue weighted by atomic mass is 32.2. The van der Waals surface area contributed by atoms with Crippen LogP contribution in [0, 0.1) is 11.6 Å². The summed E-state index contributed by atoms with van der Waals surface area (Å²) in [6.07, 6.45) is 3.74. The molecule has 0 unspecified atom stereocenters. The molecular weight excluding hydrogens is 474 g/mol. The van der Waals surface area contributed by atoms with E-state index in [9.17, 15) is 22.0 Å². The van der Waals surface area contributed by atoms with Gasteiger partial charge in [-0.3, -0.25) is 4.79 Å². The van der Waals surface area contributed by atoms with Crippen LogP contribution in [0.15, 0.2) is 18.2 Å². The van der Waals surface area contributed by atoms with E-state index in [0.29, 0.717) is 56.9 Å². The second-order valence-electron chi connectivity index (χ2n) is 8.33. The van der Waals surface area contributed by atoms with Gasteiger partial charge in [-0.1, -0.05) is 17.4 Å². The van der Waals surface area contributed by atoms with E-state index in [1.54, 1.807) is 0 Å². The van der Waals surface area contributed by atoms with Gasteiger partial charge in [-0.15, -0.1) is 0 Å². The van der Waals surface area contributed by atoms with E-state index in [0.717, 1.165) is 23.5 Å². The molecule has 0 amide bonds. The Balaban J connectivity index is 1.34. The molecule has 12 heteroatoms. The number of nitrogens with one attached hydrogen (secondary N) is 2. The van der Waals surface area contributed by atoms with E-state index >= 15 is 0 Å². The van der Waals surface area contributed by atoms with Gasteiger partial charge in [0, 0.05) is 25.3 Å². The number of rotatable bonds is 7. The fraction of sp³-hybridized carbons (Fsp3) is 0.524. The van der Waals surface area contributed by atoms with E-state index in [1.165, 1.54) is 6.07 Å². The smallest absolute Gasteiger partial charge is 0.214 e. The summed E-state index contributed by atoms with van der Waals surface area (Å²) in [5.74, 6) is -2.85. The van der Waals surface area contributed by atoms with Crippen LogP contribution in [0.25, 0.3) is 0 Å². The molecule has 1 aromatic carbocycles. The van der Waals surface area contributed by atoms with E-state index in [1.807, 2.05) is 0 Å². The number of aromatic nitrogens is 1. The van der Waals surface area contributed by atoms with Crippen LogP contribution < -0.4 is 15.8 Å². The SMILES string of the molecule is Nc1nc(N[C@H]2CC[C@H](NS(=O)(=O)C3CCOCC3)CC2)sc1C(=O)c1c(F)cccc1F. The fourth-order valence-corrected chi connectivity index (χ4v) is 6.84. The van der Waals surface area contributed by atoms with Crippen molar-refractivity contribution in [2.45, 2.75) is 55.9 Å². The number of ether oxygens (including phenoxy) is 1. The number of hydrogen-bond acceptors (Lipinski definition) is 8. The number of carbonyl (C=O) groups is 1. The maximum atomic E-state index is 14.0. The molecule has 8 nitrogen and oxygen atoms in total. The summed E-state index contributed by atoms with van der Waals surface area (Å²) in [5.41, 5.74) is 5.20. The molecule has 2 fully saturated rings. The quantitative estimate of drug-likeness (QED) is 0.499. The average Bonchev–Trinajstić information content (AvgIpc) is 3.15. The zero-order valence-corrected chi connectivity index (χ0v) is 19.5. The Morgan fingerprint density at radius 1 is 1.06 bits per heavy atom. The molecule has 0 bridgehead atoms. The van der Waals surface area contributed by atoms with Crippen molar-refractivity contribution in [2.75, 3.05) is 24.3 Å². The van der Waals surface area contributed by atoms with Crippen molar-refractivity contribution in [1.29, 1.82) is 0 Å². The van der Waals surface area contributed by atoms with Gasteiger partial charge in [0.2, 0.25) is 15.8 Å². The molecule has 2 aliphatic rings. The predicted molar refractivity (Wildman–Crippen MR) is 122 cm³/mol. The lowest BCUT2D eigenvalue weighted by Gasteiger charge is -2.31. The van der Waals surface area contributed by atoms with Crippen molar-refractivity contribution in [2.24, 2.45) is 0 Å². The van der Waals surface area contributed by atoms with Crippen LogP contribution >= 0.6 is 11.3 Å². The van der Waals surface area contributed by atoms with Crippen molar-refractivity contribution < 1.29 is 26.7 Å². The minimum atomic E-state index is -3.38. The lowest BCUT2D eigenvalue weighted by atomic mass is 9.92. The first kappa shape index (κ1) is 24.0. The highest BCUT2D eigenvalue weighted by Gasteiger charge is 2.32. The third-order valence-electron chi connectivity index (χ3n) is 6.04. The van der Waals surface area contributed by atoms with Gasteiger partial charge in [-0.2, -0.15) is 0 Å². The van der Waals surface area contributed by atoms with Crippen molar-refractivity contribution >= 4 is 38.1 Å². The van der Waals surface area contributed by atoms with Crippen LogP contribution in [-0.2, 0) is 14.8 Å². The molecule has 180 valence electrons. The highest BCUT2D eigenvalue weighted by molar-refractivity contribution is 7.90. The van der Waals surface area contributed by atoms with Crippen LogP contribution in [-0.4, -0.2) is 49.7 Å². The first-order chi connectivity index (χ1) is 15.7. The molecule has 2 heterocycles. The standard InChI is InChI=1S/C21H26F2N4O4S2/c22-15-2-1-3-16(23)17(15)18(28)19-20(24)26-21(32-19)25-12-4-6-13(7-5-12)27-33(29,30)14-8-10-31-11-9-14/h1-3,12-14,27H,4-11,24H2,(H,25,26)/t12-,13-. The number of ketones is 1. The van der Waals surface area contributed by atoms with Gasteiger partial charge in [0.25, 0.3) is 0 Å². The molecule has 0 radical (unpaired) electrons. The van der Waals surface area contributed by atoms with Crippen molar-refractivity contribution in [3.63, 3.8) is 0 Å². The number of benzene rings is 1. The number of carbonyl (C=O) groups excluding carboxylic acids is 1. The van der Waals surface area contributed by atoms with E-state index in [2.05, 4.69) is 15.0 Å². The van der Waals surface area contributed by atoms with Gasteiger partial charge in [-0.25, -0.2) is 26.9 Å². The average molecular weight is 501 g/mol. The van der Waals surface area contributed by atoms with Gasteiger partial charge >= 0.3 is 0 Å². The Kier molecular flexibility index (Phi) is 7.27. The van der Waals surface area contributed by atoms with Crippen LogP contribution in [0.4, 0.5) is 19.7 Å². The second kappa shape index (κ2) is 10.00. The Morgan fingerprint density at radius 3 is 2.30 bits per heavy atom. The molecule has 4 rings (SSSR count). The van der Waals surface area contributed by atoms with Crippen LogP contribution in [0.5, 0.6) is 0 Å². The predicted octanol–water partition coefficient (Wildman–Crippen LogP) is 3.06. The number of thiazole rings is 1. The van der Waals surface area contributed by atoms with Gasteiger partial charge in [0.15, 0.2) is 5.13 Å². The van der Waals surface area contributed by atoms with Crippen LogP contribution in [0.2, 0.25) is 0 Å². The summed E-state index contributed by atoms with van der Waals surface area (Å²) < 4.78 is 61.3. The molecule has 1 aliphatic heterocycles. The molecular formula is C21H26F2N4O4S2. The molecule has 33 heavy (non-hydrogen) atoms. The second-order valence-corrected chi connectivity index (χ2v) is 11.3. The van der Waals surface area contributed by atoms with E-state index in [-0.39, 0.29) is 22.8 Å². The number of sulfonamides is 1. The summed E-state index contributed by atoms with van der Waals surface area (Å²) in [6.45, 7) is 0.931. The topological polar surface area (TPSA) is 123 Å². The number of halogens is 2. The number of nitrogens with two attached hydrogens (primary N) is 1. The fourth-order valence-electron chi connectivity index (χ4n) is 4.23. The largest absolute Gasteiger partial charge is 0.382 e. The van der Waals surface area contributed by atoms with Crippen LogP contribution in [0.1, 0.15) is 53.8 Å². The third kappa shape index (κ3) is 5.51. The lowest BCUT2D eigenvalue weighted by Crippen LogP contribution is -2.45. The number of anilines is 2. The molecule has 0 atom stereocenters. The van der Waals surface area contributed by atoms with Gasteiger partial charge in [0.1, 0.15) is 22.3 Å². The molecule has 4 N–H and O–H groups in total. The van der Waals surface area contributed by atoms with Crippen molar-refractivity contribution in [3.8, 4) is 0 Å². The van der Waals surface area contributed by atoms with E-state index in [4.69, 9.17) is 10.5 Å². The summed E-state index contributed by atoms with van der Waals surface area (Å²) >= 11 is 0.950. The number of hydrogen-bond donors (Lipinski definition) is 3. The summed E-state index contributed by atoms with van der Waals surface area (Å²) in [4.78, 5) is 16.7. The van der Waals surface area contributed by atoms with Crippen molar-refractivity contribution in [1.82, 2.24) is 9.71 Å². The first-order valence-corrected chi connectivity index (χ1v) is 13.2. The zero-order chi connectivity index (χ0) is 23.6. The highest BCUT2D eigenvalue weighted by Crippen LogP contribution is 2.31.